The van der Waals surface area contributed by atoms with Crippen LogP contribution in [0, 0.1) is 13.8 Å². The molecule has 8 nitrogen and oxygen atoms in total. The Morgan fingerprint density at radius 3 is 2.24 bits per heavy atom. The number of hydrogen-bond acceptors (Lipinski definition) is 6. The average Bonchev–Trinajstić information content (AvgIpc) is 2.74. The zero-order valence-corrected chi connectivity index (χ0v) is 17.1. The van der Waals surface area contributed by atoms with Crippen LogP contribution in [0.3, 0.4) is 0 Å². The molecule has 1 aromatic heterocycles. The topological polar surface area (TPSA) is 73.8 Å². The van der Waals surface area contributed by atoms with E-state index in [1.165, 1.54) is 0 Å². The van der Waals surface area contributed by atoms with Crippen molar-refractivity contribution < 1.29 is 9.53 Å². The summed E-state index contributed by atoms with van der Waals surface area (Å²) >= 11 is 0. The minimum Gasteiger partial charge on any atom is -0.378 e. The molecule has 4 rings (SSSR count). The zero-order chi connectivity index (χ0) is 20.2. The van der Waals surface area contributed by atoms with Crippen molar-refractivity contribution in [3.05, 3.63) is 41.7 Å². The Balaban J connectivity index is 1.38. The van der Waals surface area contributed by atoms with Gasteiger partial charge in [0, 0.05) is 51.0 Å². The van der Waals surface area contributed by atoms with Crippen LogP contribution in [-0.2, 0) is 4.74 Å². The van der Waals surface area contributed by atoms with Gasteiger partial charge in [-0.15, -0.1) is 0 Å². The SMILES string of the molecule is Cc1cccc(NC(=O)N2CCN(c3cc(N4CCOCC4)nc(C)n3)CC2)c1. The number of carbonyl (C=O) groups excluding carboxylic acids is 1. The van der Waals surface area contributed by atoms with E-state index in [1.807, 2.05) is 43.0 Å². The number of urea groups is 1. The molecule has 0 bridgehead atoms. The second kappa shape index (κ2) is 8.65. The van der Waals surface area contributed by atoms with E-state index in [1.54, 1.807) is 0 Å². The molecule has 154 valence electrons. The monoisotopic (exact) mass is 396 g/mol. The Morgan fingerprint density at radius 2 is 1.59 bits per heavy atom. The average molecular weight is 396 g/mol. The smallest absolute Gasteiger partial charge is 0.321 e. The number of carbonyl (C=O) groups is 1. The molecule has 2 amide bonds. The number of hydrogen-bond donors (Lipinski definition) is 1. The van der Waals surface area contributed by atoms with E-state index < -0.39 is 0 Å². The van der Waals surface area contributed by atoms with Crippen molar-refractivity contribution in [1.82, 2.24) is 14.9 Å². The molecule has 0 unspecified atom stereocenters. The van der Waals surface area contributed by atoms with Gasteiger partial charge in [-0.2, -0.15) is 0 Å². The summed E-state index contributed by atoms with van der Waals surface area (Å²) in [6.45, 7) is 9.93. The van der Waals surface area contributed by atoms with Crippen molar-refractivity contribution in [3.63, 3.8) is 0 Å². The Hall–Kier alpha value is -2.87. The van der Waals surface area contributed by atoms with E-state index in [2.05, 4.69) is 31.2 Å². The zero-order valence-electron chi connectivity index (χ0n) is 17.1. The first-order valence-electron chi connectivity index (χ1n) is 10.1. The number of piperazine rings is 1. The maximum Gasteiger partial charge on any atom is 0.321 e. The minimum atomic E-state index is -0.0527. The molecule has 0 spiro atoms. The Morgan fingerprint density at radius 1 is 0.931 bits per heavy atom. The first-order chi connectivity index (χ1) is 14.1. The number of ether oxygens (including phenoxy) is 1. The van der Waals surface area contributed by atoms with E-state index in [9.17, 15) is 4.79 Å². The number of nitrogens with zero attached hydrogens (tertiary/aromatic N) is 5. The van der Waals surface area contributed by atoms with Gasteiger partial charge in [-0.05, 0) is 31.5 Å². The van der Waals surface area contributed by atoms with Crippen molar-refractivity contribution in [3.8, 4) is 0 Å². The van der Waals surface area contributed by atoms with Gasteiger partial charge in [0.2, 0.25) is 0 Å². The molecule has 3 heterocycles. The predicted octanol–water partition coefficient (Wildman–Crippen LogP) is 2.28. The summed E-state index contributed by atoms with van der Waals surface area (Å²) in [6, 6.07) is 9.86. The van der Waals surface area contributed by atoms with Crippen molar-refractivity contribution in [2.24, 2.45) is 0 Å². The van der Waals surface area contributed by atoms with Crippen LogP contribution in [0.15, 0.2) is 30.3 Å². The lowest BCUT2D eigenvalue weighted by Gasteiger charge is -2.36. The molecule has 2 aliphatic heterocycles. The van der Waals surface area contributed by atoms with Gasteiger partial charge >= 0.3 is 6.03 Å². The highest BCUT2D eigenvalue weighted by Crippen LogP contribution is 2.21. The molecular weight excluding hydrogens is 368 g/mol. The fourth-order valence-corrected chi connectivity index (χ4v) is 3.72. The number of nitrogens with one attached hydrogen (secondary N) is 1. The normalized spacial score (nSPS) is 17.4. The van der Waals surface area contributed by atoms with Crippen LogP contribution >= 0.6 is 0 Å². The number of anilines is 3. The lowest BCUT2D eigenvalue weighted by Crippen LogP contribution is -2.50. The molecule has 2 fully saturated rings. The molecule has 1 aromatic carbocycles. The third-order valence-corrected chi connectivity index (χ3v) is 5.31. The molecule has 2 aromatic rings. The van der Waals surface area contributed by atoms with Crippen LogP contribution in [0.5, 0.6) is 0 Å². The van der Waals surface area contributed by atoms with Gasteiger partial charge in [0.1, 0.15) is 17.5 Å². The summed E-state index contributed by atoms with van der Waals surface area (Å²) < 4.78 is 5.44. The molecule has 2 aliphatic rings. The minimum absolute atomic E-state index is 0.0527. The van der Waals surface area contributed by atoms with Crippen molar-refractivity contribution in [1.29, 1.82) is 0 Å². The van der Waals surface area contributed by atoms with Gasteiger partial charge in [0.05, 0.1) is 13.2 Å². The van der Waals surface area contributed by atoms with E-state index in [0.717, 1.165) is 68.1 Å². The highest BCUT2D eigenvalue weighted by molar-refractivity contribution is 5.89. The number of aromatic nitrogens is 2. The summed E-state index contributed by atoms with van der Waals surface area (Å²) in [5.74, 6) is 2.65. The van der Waals surface area contributed by atoms with Gasteiger partial charge in [-0.3, -0.25) is 0 Å². The number of aryl methyl sites for hydroxylation is 2. The van der Waals surface area contributed by atoms with Crippen LogP contribution < -0.4 is 15.1 Å². The molecule has 0 radical (unpaired) electrons. The lowest BCUT2D eigenvalue weighted by molar-refractivity contribution is 0.122. The van der Waals surface area contributed by atoms with E-state index in [4.69, 9.17) is 4.74 Å². The third-order valence-electron chi connectivity index (χ3n) is 5.31. The maximum absolute atomic E-state index is 12.6. The number of amides is 2. The largest absolute Gasteiger partial charge is 0.378 e. The van der Waals surface area contributed by atoms with Crippen LogP contribution in [0.25, 0.3) is 0 Å². The summed E-state index contributed by atoms with van der Waals surface area (Å²) in [5, 5.41) is 2.99. The molecular formula is C21H28N6O2. The number of morpholine rings is 1. The fourth-order valence-electron chi connectivity index (χ4n) is 3.72. The Kier molecular flexibility index (Phi) is 5.80. The Bertz CT molecular complexity index is 860. The van der Waals surface area contributed by atoms with Crippen molar-refractivity contribution in [2.75, 3.05) is 67.6 Å². The van der Waals surface area contributed by atoms with Crippen LogP contribution in [0.1, 0.15) is 11.4 Å². The van der Waals surface area contributed by atoms with Crippen LogP contribution in [-0.4, -0.2) is 73.4 Å². The summed E-state index contributed by atoms with van der Waals surface area (Å²) in [5.41, 5.74) is 1.96. The van der Waals surface area contributed by atoms with Gasteiger partial charge < -0.3 is 24.8 Å². The van der Waals surface area contributed by atoms with Crippen LogP contribution in [0.2, 0.25) is 0 Å². The van der Waals surface area contributed by atoms with E-state index in [-0.39, 0.29) is 6.03 Å². The molecule has 0 aliphatic carbocycles. The first kappa shape index (κ1) is 19.4. The summed E-state index contributed by atoms with van der Waals surface area (Å²) in [6.07, 6.45) is 0. The van der Waals surface area contributed by atoms with Gasteiger partial charge in [-0.25, -0.2) is 14.8 Å². The summed E-state index contributed by atoms with van der Waals surface area (Å²) in [7, 11) is 0. The maximum atomic E-state index is 12.6. The molecule has 0 saturated carbocycles. The number of benzene rings is 1. The van der Waals surface area contributed by atoms with E-state index in [0.29, 0.717) is 13.1 Å². The van der Waals surface area contributed by atoms with E-state index >= 15 is 0 Å². The highest BCUT2D eigenvalue weighted by atomic mass is 16.5. The number of rotatable bonds is 3. The van der Waals surface area contributed by atoms with Gasteiger partial charge in [0.15, 0.2) is 0 Å². The molecule has 0 atom stereocenters. The van der Waals surface area contributed by atoms with Crippen molar-refractivity contribution >= 4 is 23.4 Å². The second-order valence-corrected chi connectivity index (χ2v) is 7.50. The van der Waals surface area contributed by atoms with Gasteiger partial charge in [0.25, 0.3) is 0 Å². The first-order valence-corrected chi connectivity index (χ1v) is 10.1. The quantitative estimate of drug-likeness (QED) is 0.858. The molecule has 8 heteroatoms. The lowest BCUT2D eigenvalue weighted by atomic mass is 10.2. The molecule has 29 heavy (non-hydrogen) atoms. The Labute approximate surface area is 171 Å². The second-order valence-electron chi connectivity index (χ2n) is 7.50. The van der Waals surface area contributed by atoms with Gasteiger partial charge in [-0.1, -0.05) is 12.1 Å². The van der Waals surface area contributed by atoms with Crippen molar-refractivity contribution in [2.45, 2.75) is 13.8 Å². The predicted molar refractivity (Wildman–Crippen MR) is 114 cm³/mol. The molecule has 1 N–H and O–H groups in total. The summed E-state index contributed by atoms with van der Waals surface area (Å²) in [4.78, 5) is 28.2. The molecule has 2 saturated heterocycles. The van der Waals surface area contributed by atoms with Crippen LogP contribution in [0.4, 0.5) is 22.1 Å². The fraction of sp³-hybridized carbons (Fsp3) is 0.476. The highest BCUT2D eigenvalue weighted by Gasteiger charge is 2.23. The third kappa shape index (κ3) is 4.76. The standard InChI is InChI=1S/C21H28N6O2/c1-16-4-3-5-18(14-16)24-21(28)27-8-6-25(7-9-27)19-15-20(23-17(2)22-19)26-10-12-29-13-11-26/h3-5,14-15H,6-13H2,1-2H3,(H,24,28).